The predicted molar refractivity (Wildman–Crippen MR) is 88.7 cm³/mol. The van der Waals surface area contributed by atoms with Crippen LogP contribution in [0, 0.1) is 5.92 Å². The molecule has 1 unspecified atom stereocenters. The minimum Gasteiger partial charge on any atom is -0.372 e. The van der Waals surface area contributed by atoms with E-state index >= 15 is 0 Å². The van der Waals surface area contributed by atoms with Gasteiger partial charge < -0.3 is 10.2 Å². The third-order valence-electron chi connectivity index (χ3n) is 3.76. The van der Waals surface area contributed by atoms with Gasteiger partial charge in [0.25, 0.3) is 0 Å². The van der Waals surface area contributed by atoms with Crippen molar-refractivity contribution in [2.24, 2.45) is 5.92 Å². The van der Waals surface area contributed by atoms with E-state index in [9.17, 15) is 4.79 Å². The third kappa shape index (κ3) is 3.92. The Hall–Kier alpha value is -1.16. The van der Waals surface area contributed by atoms with Gasteiger partial charge in [-0.2, -0.15) is 12.6 Å². The summed E-state index contributed by atoms with van der Waals surface area (Å²) in [5.41, 5.74) is 2.09. The lowest BCUT2D eigenvalue weighted by Crippen LogP contribution is -2.29. The summed E-state index contributed by atoms with van der Waals surface area (Å²) in [6, 6.07) is 8.12. The van der Waals surface area contributed by atoms with Crippen LogP contribution in [0.5, 0.6) is 0 Å². The molecule has 3 nitrogen and oxygen atoms in total. The molecule has 0 aliphatic carbocycles. The van der Waals surface area contributed by atoms with Crippen LogP contribution in [0.4, 0.5) is 11.4 Å². The molecule has 1 atom stereocenters. The van der Waals surface area contributed by atoms with Crippen molar-refractivity contribution < 1.29 is 4.79 Å². The van der Waals surface area contributed by atoms with Crippen molar-refractivity contribution in [2.75, 3.05) is 23.3 Å². The highest BCUT2D eigenvalue weighted by atomic mass is 32.1. The summed E-state index contributed by atoms with van der Waals surface area (Å²) in [6.45, 7) is 6.27. The first-order valence-electron chi connectivity index (χ1n) is 7.42. The molecule has 1 N–H and O–H groups in total. The summed E-state index contributed by atoms with van der Waals surface area (Å²) >= 11 is 4.33. The minimum atomic E-state index is -0.267. The zero-order valence-corrected chi connectivity index (χ0v) is 13.2. The first kappa shape index (κ1) is 15.2. The first-order chi connectivity index (χ1) is 9.58. The molecule has 2 rings (SSSR count). The number of piperidine rings is 1. The Bertz CT molecular complexity index is 438. The van der Waals surface area contributed by atoms with Crippen molar-refractivity contribution in [3.8, 4) is 0 Å². The quantitative estimate of drug-likeness (QED) is 0.832. The van der Waals surface area contributed by atoms with E-state index in [1.54, 1.807) is 0 Å². The van der Waals surface area contributed by atoms with Crippen LogP contribution in [0.2, 0.25) is 0 Å². The number of nitrogens with zero attached hydrogens (tertiary/aromatic N) is 1. The lowest BCUT2D eigenvalue weighted by atomic mass is 10.1. The maximum atomic E-state index is 11.9. The number of carbonyl (C=O) groups excluding carboxylic acids is 1. The molecule has 110 valence electrons. The average molecular weight is 292 g/mol. The van der Waals surface area contributed by atoms with Crippen LogP contribution in [0.1, 0.15) is 33.1 Å². The smallest absolute Gasteiger partial charge is 0.237 e. The highest BCUT2D eigenvalue weighted by Crippen LogP contribution is 2.22. The molecule has 1 aliphatic heterocycles. The number of nitrogens with one attached hydrogen (secondary N) is 1. The maximum Gasteiger partial charge on any atom is 0.237 e. The fourth-order valence-corrected chi connectivity index (χ4v) is 2.49. The van der Waals surface area contributed by atoms with Crippen LogP contribution in [-0.4, -0.2) is 24.2 Å². The molecule has 1 aromatic carbocycles. The maximum absolute atomic E-state index is 11.9. The Kier molecular flexibility index (Phi) is 5.35. The van der Waals surface area contributed by atoms with Gasteiger partial charge in [-0.15, -0.1) is 0 Å². The highest BCUT2D eigenvalue weighted by Gasteiger charge is 2.17. The van der Waals surface area contributed by atoms with Crippen LogP contribution < -0.4 is 10.2 Å². The van der Waals surface area contributed by atoms with Crippen LogP contribution >= 0.6 is 12.6 Å². The molecule has 20 heavy (non-hydrogen) atoms. The highest BCUT2D eigenvalue weighted by molar-refractivity contribution is 7.81. The summed E-state index contributed by atoms with van der Waals surface area (Å²) < 4.78 is 0. The standard InChI is InChI=1S/C16H24N2OS/c1-12(2)15(20)16(19)17-13-6-8-14(9-7-13)18-10-4-3-5-11-18/h6-9,12,15,20H,3-5,10-11H2,1-2H3,(H,17,19). The van der Waals surface area contributed by atoms with Crippen LogP contribution in [0.25, 0.3) is 0 Å². The molecule has 1 amide bonds. The van der Waals surface area contributed by atoms with Crippen molar-refractivity contribution in [1.82, 2.24) is 0 Å². The number of thiol groups is 1. The third-order valence-corrected chi connectivity index (χ3v) is 4.59. The van der Waals surface area contributed by atoms with E-state index in [2.05, 4.69) is 35.0 Å². The SMILES string of the molecule is CC(C)C(S)C(=O)Nc1ccc(N2CCCCC2)cc1. The van der Waals surface area contributed by atoms with Crippen LogP contribution in [0.3, 0.4) is 0 Å². The molecule has 1 aromatic rings. The van der Waals surface area contributed by atoms with E-state index in [4.69, 9.17) is 0 Å². The van der Waals surface area contributed by atoms with Gasteiger partial charge in [0.1, 0.15) is 0 Å². The largest absolute Gasteiger partial charge is 0.372 e. The summed E-state index contributed by atoms with van der Waals surface area (Å²) in [7, 11) is 0. The Morgan fingerprint density at radius 3 is 2.30 bits per heavy atom. The van der Waals surface area contributed by atoms with E-state index in [-0.39, 0.29) is 17.1 Å². The van der Waals surface area contributed by atoms with E-state index < -0.39 is 0 Å². The summed E-state index contributed by atoms with van der Waals surface area (Å²) in [5, 5.41) is 2.65. The predicted octanol–water partition coefficient (Wildman–Crippen LogP) is 3.57. The molecule has 0 aromatic heterocycles. The molecule has 1 saturated heterocycles. The van der Waals surface area contributed by atoms with Gasteiger partial charge in [0.05, 0.1) is 5.25 Å². The Labute approximate surface area is 127 Å². The minimum absolute atomic E-state index is 0.0333. The average Bonchev–Trinajstić information content (AvgIpc) is 2.48. The Morgan fingerprint density at radius 1 is 1.15 bits per heavy atom. The fourth-order valence-electron chi connectivity index (χ4n) is 2.43. The molecule has 0 bridgehead atoms. The van der Waals surface area contributed by atoms with Gasteiger partial charge in [-0.3, -0.25) is 4.79 Å². The molecular formula is C16H24N2OS. The van der Waals surface area contributed by atoms with E-state index in [0.717, 1.165) is 18.8 Å². The number of rotatable bonds is 4. The molecule has 1 fully saturated rings. The summed E-state index contributed by atoms with van der Waals surface area (Å²) in [5.74, 6) is 0.194. The molecule has 1 heterocycles. The van der Waals surface area contributed by atoms with Gasteiger partial charge in [-0.1, -0.05) is 13.8 Å². The topological polar surface area (TPSA) is 32.3 Å². The normalized spacial score (nSPS) is 17.1. The first-order valence-corrected chi connectivity index (χ1v) is 7.93. The van der Waals surface area contributed by atoms with Gasteiger partial charge >= 0.3 is 0 Å². The lowest BCUT2D eigenvalue weighted by molar-refractivity contribution is -0.116. The monoisotopic (exact) mass is 292 g/mol. The summed E-state index contributed by atoms with van der Waals surface area (Å²) in [4.78, 5) is 14.3. The molecule has 0 saturated carbocycles. The van der Waals surface area contributed by atoms with Gasteiger partial charge in [0.15, 0.2) is 0 Å². The number of amides is 1. The van der Waals surface area contributed by atoms with E-state index in [1.807, 2.05) is 26.0 Å². The van der Waals surface area contributed by atoms with Gasteiger partial charge in [-0.05, 0) is 49.4 Å². The van der Waals surface area contributed by atoms with Crippen LogP contribution in [0.15, 0.2) is 24.3 Å². The lowest BCUT2D eigenvalue weighted by Gasteiger charge is -2.28. The zero-order valence-electron chi connectivity index (χ0n) is 12.3. The van der Waals surface area contributed by atoms with Crippen molar-refractivity contribution >= 4 is 29.9 Å². The van der Waals surface area contributed by atoms with Crippen molar-refractivity contribution in [1.29, 1.82) is 0 Å². The summed E-state index contributed by atoms with van der Waals surface area (Å²) in [6.07, 6.45) is 3.88. The number of hydrogen-bond acceptors (Lipinski definition) is 3. The second-order valence-corrected chi connectivity index (χ2v) is 6.33. The number of hydrogen-bond donors (Lipinski definition) is 2. The number of benzene rings is 1. The van der Waals surface area contributed by atoms with Gasteiger partial charge in [-0.25, -0.2) is 0 Å². The van der Waals surface area contributed by atoms with Crippen molar-refractivity contribution in [3.05, 3.63) is 24.3 Å². The molecule has 4 heteroatoms. The number of carbonyl (C=O) groups is 1. The van der Waals surface area contributed by atoms with E-state index in [0.29, 0.717) is 0 Å². The van der Waals surface area contributed by atoms with Crippen molar-refractivity contribution in [3.63, 3.8) is 0 Å². The van der Waals surface area contributed by atoms with Crippen molar-refractivity contribution in [2.45, 2.75) is 38.4 Å². The van der Waals surface area contributed by atoms with Gasteiger partial charge in [0, 0.05) is 24.5 Å². The number of anilines is 2. The van der Waals surface area contributed by atoms with Crippen LogP contribution in [-0.2, 0) is 4.79 Å². The van der Waals surface area contributed by atoms with E-state index in [1.165, 1.54) is 24.9 Å². The fraction of sp³-hybridized carbons (Fsp3) is 0.562. The molecule has 0 spiro atoms. The Balaban J connectivity index is 1.96. The second kappa shape index (κ2) is 7.02. The molecular weight excluding hydrogens is 268 g/mol. The molecule has 0 radical (unpaired) electrons. The molecule has 1 aliphatic rings. The van der Waals surface area contributed by atoms with Gasteiger partial charge in [0.2, 0.25) is 5.91 Å². The zero-order chi connectivity index (χ0) is 14.5. The second-order valence-electron chi connectivity index (χ2n) is 5.77. The Morgan fingerprint density at radius 2 is 1.75 bits per heavy atom.